The second-order valence-electron chi connectivity index (χ2n) is 3.45. The van der Waals surface area contributed by atoms with Crippen LogP contribution in [0.4, 0.5) is 0 Å². The van der Waals surface area contributed by atoms with E-state index >= 15 is 0 Å². The molecule has 0 saturated heterocycles. The Bertz CT molecular complexity index is 223. The van der Waals surface area contributed by atoms with E-state index < -0.39 is 0 Å². The van der Waals surface area contributed by atoms with Crippen molar-refractivity contribution in [2.75, 3.05) is 13.2 Å². The zero-order chi connectivity index (χ0) is 10.2. The van der Waals surface area contributed by atoms with Gasteiger partial charge in [0.25, 0.3) is 0 Å². The van der Waals surface area contributed by atoms with Crippen LogP contribution in [0.15, 0.2) is 16.8 Å². The van der Waals surface area contributed by atoms with E-state index in [1.807, 2.05) is 0 Å². The number of rotatable bonds is 7. The van der Waals surface area contributed by atoms with E-state index in [4.69, 9.17) is 5.11 Å². The smallest absolute Gasteiger partial charge is 0.0445 e. The summed E-state index contributed by atoms with van der Waals surface area (Å²) in [5.41, 5.74) is 1.40. The van der Waals surface area contributed by atoms with Crippen LogP contribution in [0.5, 0.6) is 0 Å². The maximum absolute atomic E-state index is 8.81. The predicted molar refractivity (Wildman–Crippen MR) is 61.8 cm³/mol. The molecule has 0 amide bonds. The van der Waals surface area contributed by atoms with Crippen LogP contribution in [-0.4, -0.2) is 24.3 Å². The van der Waals surface area contributed by atoms with E-state index in [0.717, 1.165) is 25.8 Å². The van der Waals surface area contributed by atoms with Crippen molar-refractivity contribution in [3.8, 4) is 0 Å². The zero-order valence-corrected chi connectivity index (χ0v) is 9.52. The Kier molecular flexibility index (Phi) is 5.83. The predicted octanol–water partition coefficient (Wildman–Crippen LogP) is 2.04. The monoisotopic (exact) mass is 213 g/mol. The van der Waals surface area contributed by atoms with Gasteiger partial charge in [0, 0.05) is 12.6 Å². The van der Waals surface area contributed by atoms with Crippen LogP contribution in [0.25, 0.3) is 0 Å². The number of aliphatic hydroxyl groups excluding tert-OH is 1. The van der Waals surface area contributed by atoms with Crippen molar-refractivity contribution in [1.82, 2.24) is 5.32 Å². The van der Waals surface area contributed by atoms with Gasteiger partial charge in [-0.05, 0) is 48.2 Å². The summed E-state index contributed by atoms with van der Waals surface area (Å²) in [6, 6.07) is 2.64. The molecule has 0 aliphatic rings. The molecular formula is C11H19NOS. The number of nitrogens with one attached hydrogen (secondary N) is 1. The number of thiophene rings is 1. The summed E-state index contributed by atoms with van der Waals surface area (Å²) in [6.45, 7) is 3.44. The van der Waals surface area contributed by atoms with Crippen molar-refractivity contribution in [3.05, 3.63) is 22.4 Å². The molecule has 0 fully saturated rings. The SMILES string of the molecule is CCC(CCO)NCCc1ccsc1. The number of hydrogen-bond acceptors (Lipinski definition) is 3. The van der Waals surface area contributed by atoms with Crippen LogP contribution in [0, 0.1) is 0 Å². The summed E-state index contributed by atoms with van der Waals surface area (Å²) < 4.78 is 0. The first-order valence-electron chi connectivity index (χ1n) is 5.22. The van der Waals surface area contributed by atoms with E-state index in [2.05, 4.69) is 29.1 Å². The first kappa shape index (κ1) is 11.7. The van der Waals surface area contributed by atoms with Gasteiger partial charge in [0.05, 0.1) is 0 Å². The topological polar surface area (TPSA) is 32.3 Å². The number of aliphatic hydroxyl groups is 1. The van der Waals surface area contributed by atoms with Gasteiger partial charge in [0.1, 0.15) is 0 Å². The molecule has 0 spiro atoms. The van der Waals surface area contributed by atoms with Crippen LogP contribution in [0.1, 0.15) is 25.3 Å². The average molecular weight is 213 g/mol. The molecule has 1 aromatic rings. The Hall–Kier alpha value is -0.380. The molecule has 2 nitrogen and oxygen atoms in total. The van der Waals surface area contributed by atoms with E-state index in [0.29, 0.717) is 6.04 Å². The molecule has 80 valence electrons. The summed E-state index contributed by atoms with van der Waals surface area (Å²) in [5, 5.41) is 16.6. The molecule has 3 heteroatoms. The van der Waals surface area contributed by atoms with Crippen molar-refractivity contribution >= 4 is 11.3 Å². The standard InChI is InChI=1S/C11H19NOS/c1-2-11(4-7-13)12-6-3-10-5-8-14-9-10/h5,8-9,11-13H,2-4,6-7H2,1H3. The highest BCUT2D eigenvalue weighted by Gasteiger charge is 2.03. The van der Waals surface area contributed by atoms with Gasteiger partial charge >= 0.3 is 0 Å². The molecule has 0 saturated carbocycles. The summed E-state index contributed by atoms with van der Waals surface area (Å²) in [6.07, 6.45) is 3.04. The van der Waals surface area contributed by atoms with E-state index in [-0.39, 0.29) is 6.61 Å². The van der Waals surface area contributed by atoms with Crippen molar-refractivity contribution in [2.24, 2.45) is 0 Å². The fourth-order valence-corrected chi connectivity index (χ4v) is 2.17. The third-order valence-corrected chi connectivity index (χ3v) is 3.13. The Labute approximate surface area is 90.0 Å². The molecule has 1 atom stereocenters. The molecule has 0 aliphatic carbocycles. The lowest BCUT2D eigenvalue weighted by molar-refractivity contribution is 0.263. The average Bonchev–Trinajstić information content (AvgIpc) is 2.69. The maximum atomic E-state index is 8.81. The van der Waals surface area contributed by atoms with Gasteiger partial charge in [-0.15, -0.1) is 0 Å². The Morgan fingerprint density at radius 3 is 3.00 bits per heavy atom. The zero-order valence-electron chi connectivity index (χ0n) is 8.70. The minimum absolute atomic E-state index is 0.282. The third-order valence-electron chi connectivity index (χ3n) is 2.40. The summed E-state index contributed by atoms with van der Waals surface area (Å²) in [7, 11) is 0. The molecule has 1 rings (SSSR count). The first-order valence-corrected chi connectivity index (χ1v) is 6.16. The van der Waals surface area contributed by atoms with E-state index in [1.165, 1.54) is 5.56 Å². The molecule has 1 unspecified atom stereocenters. The Morgan fingerprint density at radius 2 is 2.43 bits per heavy atom. The lowest BCUT2D eigenvalue weighted by atomic mass is 10.1. The van der Waals surface area contributed by atoms with Crippen molar-refractivity contribution in [3.63, 3.8) is 0 Å². The second kappa shape index (κ2) is 6.98. The minimum Gasteiger partial charge on any atom is -0.396 e. The molecule has 1 heterocycles. The van der Waals surface area contributed by atoms with Crippen LogP contribution in [0.3, 0.4) is 0 Å². The van der Waals surface area contributed by atoms with Crippen LogP contribution in [-0.2, 0) is 6.42 Å². The highest BCUT2D eigenvalue weighted by atomic mass is 32.1. The van der Waals surface area contributed by atoms with E-state index in [1.54, 1.807) is 11.3 Å². The van der Waals surface area contributed by atoms with Crippen molar-refractivity contribution in [1.29, 1.82) is 0 Å². The van der Waals surface area contributed by atoms with Crippen LogP contribution >= 0.6 is 11.3 Å². The van der Waals surface area contributed by atoms with Gasteiger partial charge in [-0.2, -0.15) is 11.3 Å². The molecule has 0 aliphatic heterocycles. The number of hydrogen-bond donors (Lipinski definition) is 2. The highest BCUT2D eigenvalue weighted by Crippen LogP contribution is 2.06. The van der Waals surface area contributed by atoms with Gasteiger partial charge in [-0.25, -0.2) is 0 Å². The Balaban J connectivity index is 2.13. The fraction of sp³-hybridized carbons (Fsp3) is 0.636. The molecule has 1 aromatic heterocycles. The van der Waals surface area contributed by atoms with Gasteiger partial charge in [-0.3, -0.25) is 0 Å². The Morgan fingerprint density at radius 1 is 1.57 bits per heavy atom. The van der Waals surface area contributed by atoms with Gasteiger partial charge < -0.3 is 10.4 Å². The van der Waals surface area contributed by atoms with Crippen molar-refractivity contribution in [2.45, 2.75) is 32.2 Å². The van der Waals surface area contributed by atoms with Crippen LogP contribution in [0.2, 0.25) is 0 Å². The minimum atomic E-state index is 0.282. The third kappa shape index (κ3) is 4.22. The molecule has 0 radical (unpaired) electrons. The van der Waals surface area contributed by atoms with Gasteiger partial charge in [0.15, 0.2) is 0 Å². The van der Waals surface area contributed by atoms with E-state index in [9.17, 15) is 0 Å². The summed E-state index contributed by atoms with van der Waals surface area (Å²) >= 11 is 1.75. The molecular weight excluding hydrogens is 194 g/mol. The van der Waals surface area contributed by atoms with Crippen LogP contribution < -0.4 is 5.32 Å². The van der Waals surface area contributed by atoms with Gasteiger partial charge in [0.2, 0.25) is 0 Å². The largest absolute Gasteiger partial charge is 0.396 e. The first-order chi connectivity index (χ1) is 6.86. The summed E-state index contributed by atoms with van der Waals surface area (Å²) in [4.78, 5) is 0. The fourth-order valence-electron chi connectivity index (χ4n) is 1.46. The molecule has 0 aromatic carbocycles. The highest BCUT2D eigenvalue weighted by molar-refractivity contribution is 7.07. The lowest BCUT2D eigenvalue weighted by Crippen LogP contribution is -2.31. The lowest BCUT2D eigenvalue weighted by Gasteiger charge is -2.14. The maximum Gasteiger partial charge on any atom is 0.0445 e. The quantitative estimate of drug-likeness (QED) is 0.726. The second-order valence-corrected chi connectivity index (χ2v) is 4.23. The summed E-state index contributed by atoms with van der Waals surface area (Å²) in [5.74, 6) is 0. The van der Waals surface area contributed by atoms with Gasteiger partial charge in [-0.1, -0.05) is 6.92 Å². The normalized spacial score (nSPS) is 13.0. The molecule has 14 heavy (non-hydrogen) atoms. The van der Waals surface area contributed by atoms with Crippen molar-refractivity contribution < 1.29 is 5.11 Å². The molecule has 0 bridgehead atoms. The molecule has 2 N–H and O–H groups in total.